The Kier molecular flexibility index (Phi) is 4.29. The van der Waals surface area contributed by atoms with E-state index in [2.05, 4.69) is 4.98 Å². The van der Waals surface area contributed by atoms with Crippen molar-refractivity contribution in [1.82, 2.24) is 4.98 Å². The van der Waals surface area contributed by atoms with Gasteiger partial charge in [-0.3, -0.25) is 4.79 Å². The number of nitrogens with one attached hydrogen (secondary N) is 1. The van der Waals surface area contributed by atoms with E-state index in [-0.39, 0.29) is 5.56 Å². The predicted molar refractivity (Wildman–Crippen MR) is 43.1 cm³/mol. The molecule has 2 heteroatoms. The van der Waals surface area contributed by atoms with Gasteiger partial charge in [0.05, 0.1) is 0 Å². The molecule has 0 aliphatic rings. The lowest BCUT2D eigenvalue weighted by atomic mass is 10.3. The molecular formula is C8H13NO. The molecule has 1 heterocycles. The summed E-state index contributed by atoms with van der Waals surface area (Å²) in [6.07, 6.45) is 1.64. The number of rotatable bonds is 0. The smallest absolute Gasteiger partial charge is 0.248 e. The molecule has 2 nitrogen and oxygen atoms in total. The van der Waals surface area contributed by atoms with E-state index in [1.807, 2.05) is 26.8 Å². The van der Waals surface area contributed by atoms with Gasteiger partial charge in [0, 0.05) is 12.3 Å². The average Bonchev–Trinajstić information content (AvgIpc) is 1.91. The molecule has 0 radical (unpaired) electrons. The van der Waals surface area contributed by atoms with Crippen molar-refractivity contribution >= 4 is 0 Å². The molecule has 0 spiro atoms. The van der Waals surface area contributed by atoms with Crippen LogP contribution in [0.4, 0.5) is 0 Å². The highest BCUT2D eigenvalue weighted by Gasteiger charge is 1.80. The van der Waals surface area contributed by atoms with Gasteiger partial charge in [0.1, 0.15) is 0 Å². The zero-order valence-electron chi connectivity index (χ0n) is 6.64. The van der Waals surface area contributed by atoms with Crippen molar-refractivity contribution < 1.29 is 0 Å². The topological polar surface area (TPSA) is 32.9 Å². The summed E-state index contributed by atoms with van der Waals surface area (Å²) in [5.41, 5.74) is 0.957. The van der Waals surface area contributed by atoms with E-state index in [0.29, 0.717) is 0 Å². The molecule has 0 fully saturated rings. The number of aromatic amines is 1. The van der Waals surface area contributed by atoms with E-state index in [0.717, 1.165) is 5.56 Å². The first-order valence-corrected chi connectivity index (χ1v) is 3.44. The predicted octanol–water partition coefficient (Wildman–Crippen LogP) is 1.71. The van der Waals surface area contributed by atoms with Crippen molar-refractivity contribution in [3.05, 3.63) is 34.2 Å². The molecule has 1 aromatic heterocycles. The fraction of sp³-hybridized carbons (Fsp3) is 0.375. The lowest BCUT2D eigenvalue weighted by Crippen LogP contribution is -2.01. The van der Waals surface area contributed by atoms with E-state index in [9.17, 15) is 4.79 Å². The Morgan fingerprint density at radius 3 is 2.30 bits per heavy atom. The van der Waals surface area contributed by atoms with Crippen LogP contribution in [0.1, 0.15) is 19.4 Å². The minimum atomic E-state index is -0.0370. The van der Waals surface area contributed by atoms with Crippen molar-refractivity contribution in [2.45, 2.75) is 20.8 Å². The number of hydrogen-bond donors (Lipinski definition) is 1. The van der Waals surface area contributed by atoms with Crippen LogP contribution in [0, 0.1) is 6.92 Å². The Bertz CT molecular complexity index is 227. The fourth-order valence-corrected chi connectivity index (χ4v) is 0.552. The maximum atomic E-state index is 10.4. The standard InChI is InChI=1S/C6H7NO.C2H6/c1-5-2-3-7-6(8)4-5;1-2/h2-4H,1H3,(H,7,8);1-2H3. The first-order valence-electron chi connectivity index (χ1n) is 3.44. The lowest BCUT2D eigenvalue weighted by molar-refractivity contribution is 1.21. The third-order valence-electron chi connectivity index (χ3n) is 0.931. The fourth-order valence-electron chi connectivity index (χ4n) is 0.552. The third kappa shape index (κ3) is 3.07. The molecular weight excluding hydrogens is 126 g/mol. The van der Waals surface area contributed by atoms with Gasteiger partial charge in [-0.1, -0.05) is 13.8 Å². The van der Waals surface area contributed by atoms with Gasteiger partial charge in [0.25, 0.3) is 0 Å². The summed E-state index contributed by atoms with van der Waals surface area (Å²) < 4.78 is 0. The zero-order valence-corrected chi connectivity index (χ0v) is 6.64. The van der Waals surface area contributed by atoms with Crippen LogP contribution in [-0.2, 0) is 0 Å². The second-order valence-corrected chi connectivity index (χ2v) is 1.73. The second kappa shape index (κ2) is 4.79. The third-order valence-corrected chi connectivity index (χ3v) is 0.931. The summed E-state index contributed by atoms with van der Waals surface area (Å²) in [5, 5.41) is 0. The Morgan fingerprint density at radius 2 is 2.00 bits per heavy atom. The van der Waals surface area contributed by atoms with Crippen LogP contribution >= 0.6 is 0 Å². The van der Waals surface area contributed by atoms with Gasteiger partial charge in [-0.2, -0.15) is 0 Å². The van der Waals surface area contributed by atoms with Crippen molar-refractivity contribution in [1.29, 1.82) is 0 Å². The molecule has 1 aromatic rings. The van der Waals surface area contributed by atoms with Crippen LogP contribution in [-0.4, -0.2) is 4.98 Å². The SMILES string of the molecule is CC.Cc1cc[nH]c(=O)c1. The first kappa shape index (κ1) is 8.95. The number of pyridine rings is 1. The Labute approximate surface area is 60.9 Å². The normalized spacial score (nSPS) is 7.90. The molecule has 0 unspecified atom stereocenters. The molecule has 0 amide bonds. The number of aryl methyl sites for hydroxylation is 1. The van der Waals surface area contributed by atoms with Crippen LogP contribution in [0.15, 0.2) is 23.1 Å². The van der Waals surface area contributed by atoms with Crippen LogP contribution in [0.5, 0.6) is 0 Å². The lowest BCUT2D eigenvalue weighted by Gasteiger charge is -1.83. The number of aromatic nitrogens is 1. The molecule has 0 saturated heterocycles. The van der Waals surface area contributed by atoms with Crippen molar-refractivity contribution in [2.24, 2.45) is 0 Å². The van der Waals surface area contributed by atoms with Crippen LogP contribution in [0.2, 0.25) is 0 Å². The van der Waals surface area contributed by atoms with E-state index in [1.165, 1.54) is 0 Å². The van der Waals surface area contributed by atoms with Gasteiger partial charge in [0.15, 0.2) is 0 Å². The summed E-state index contributed by atoms with van der Waals surface area (Å²) >= 11 is 0. The Morgan fingerprint density at radius 1 is 1.40 bits per heavy atom. The minimum Gasteiger partial charge on any atom is -0.329 e. The molecule has 10 heavy (non-hydrogen) atoms. The van der Waals surface area contributed by atoms with E-state index >= 15 is 0 Å². The molecule has 0 saturated carbocycles. The number of hydrogen-bond acceptors (Lipinski definition) is 1. The minimum absolute atomic E-state index is 0.0370. The van der Waals surface area contributed by atoms with Crippen molar-refractivity contribution in [3.63, 3.8) is 0 Å². The van der Waals surface area contributed by atoms with Crippen LogP contribution in [0.25, 0.3) is 0 Å². The molecule has 1 rings (SSSR count). The van der Waals surface area contributed by atoms with Crippen molar-refractivity contribution in [2.75, 3.05) is 0 Å². The van der Waals surface area contributed by atoms with Crippen molar-refractivity contribution in [3.8, 4) is 0 Å². The molecule has 0 aliphatic heterocycles. The molecule has 0 aliphatic carbocycles. The highest BCUT2D eigenvalue weighted by Crippen LogP contribution is 1.84. The van der Waals surface area contributed by atoms with Gasteiger partial charge < -0.3 is 4.98 Å². The van der Waals surface area contributed by atoms with E-state index < -0.39 is 0 Å². The maximum Gasteiger partial charge on any atom is 0.248 e. The van der Waals surface area contributed by atoms with Crippen LogP contribution in [0.3, 0.4) is 0 Å². The highest BCUT2D eigenvalue weighted by atomic mass is 16.1. The second-order valence-electron chi connectivity index (χ2n) is 1.73. The molecule has 0 atom stereocenters. The van der Waals surface area contributed by atoms with E-state index in [1.54, 1.807) is 12.3 Å². The van der Waals surface area contributed by atoms with E-state index in [4.69, 9.17) is 0 Å². The molecule has 0 aromatic carbocycles. The summed E-state index contributed by atoms with van der Waals surface area (Å²) in [4.78, 5) is 13.0. The Hall–Kier alpha value is -1.05. The van der Waals surface area contributed by atoms with Gasteiger partial charge in [-0.15, -0.1) is 0 Å². The Balaban J connectivity index is 0.000000371. The highest BCUT2D eigenvalue weighted by molar-refractivity contribution is 5.06. The quantitative estimate of drug-likeness (QED) is 0.583. The summed E-state index contributed by atoms with van der Waals surface area (Å²) in [5.74, 6) is 0. The first-order chi connectivity index (χ1) is 4.79. The largest absolute Gasteiger partial charge is 0.329 e. The number of H-pyrrole nitrogens is 1. The van der Waals surface area contributed by atoms with Gasteiger partial charge >= 0.3 is 0 Å². The summed E-state index contributed by atoms with van der Waals surface area (Å²) in [6.45, 7) is 5.88. The van der Waals surface area contributed by atoms with Gasteiger partial charge in [-0.05, 0) is 18.6 Å². The molecule has 56 valence electrons. The molecule has 0 bridgehead atoms. The van der Waals surface area contributed by atoms with Gasteiger partial charge in [0.2, 0.25) is 5.56 Å². The maximum absolute atomic E-state index is 10.4. The zero-order chi connectivity index (χ0) is 7.98. The summed E-state index contributed by atoms with van der Waals surface area (Å²) in [6, 6.07) is 3.40. The van der Waals surface area contributed by atoms with Crippen LogP contribution < -0.4 is 5.56 Å². The monoisotopic (exact) mass is 139 g/mol. The van der Waals surface area contributed by atoms with Gasteiger partial charge in [-0.25, -0.2) is 0 Å². The molecule has 1 N–H and O–H groups in total. The average molecular weight is 139 g/mol. The summed E-state index contributed by atoms with van der Waals surface area (Å²) in [7, 11) is 0.